The fraction of sp³-hybridized carbons (Fsp3) is 0. The fourth-order valence-electron chi connectivity index (χ4n) is 0.336. The zero-order valence-corrected chi connectivity index (χ0v) is 3.92. The second-order valence-corrected chi connectivity index (χ2v) is 1.17. The number of oxazole rings is 1. The van der Waals surface area contributed by atoms with E-state index in [1.54, 1.807) is 0 Å². The molecule has 0 unspecified atom stereocenters. The molecule has 1 amide bonds. The Morgan fingerprint density at radius 3 is 2.88 bits per heavy atom. The summed E-state index contributed by atoms with van der Waals surface area (Å²) in [6.07, 6.45) is 2.57. The van der Waals surface area contributed by atoms with Crippen molar-refractivity contribution in [3.63, 3.8) is 0 Å². The van der Waals surface area contributed by atoms with Crippen LogP contribution in [0.4, 0.5) is 0 Å². The lowest BCUT2D eigenvalue weighted by Crippen LogP contribution is -1.97. The number of hydrogen-bond donors (Lipinski definition) is 0. The van der Waals surface area contributed by atoms with Gasteiger partial charge in [-0.3, -0.25) is 10.5 Å². The molecule has 0 spiro atoms. The van der Waals surface area contributed by atoms with Crippen LogP contribution in [-0.4, -0.2) is 10.9 Å². The summed E-state index contributed by atoms with van der Waals surface area (Å²) in [4.78, 5) is 13.4. The van der Waals surface area contributed by atoms with E-state index in [2.05, 4.69) is 9.40 Å². The molecule has 1 heterocycles. The van der Waals surface area contributed by atoms with E-state index in [4.69, 9.17) is 5.73 Å². The summed E-state index contributed by atoms with van der Waals surface area (Å²) in [5.41, 5.74) is 6.44. The van der Waals surface area contributed by atoms with Gasteiger partial charge in [-0.05, 0) is 0 Å². The van der Waals surface area contributed by atoms with E-state index < -0.39 is 5.91 Å². The lowest BCUT2D eigenvalue weighted by molar-refractivity contribution is 0.0959. The average molecular weight is 111 g/mol. The molecule has 4 heteroatoms. The van der Waals surface area contributed by atoms with Gasteiger partial charge in [0.15, 0.2) is 0 Å². The molecule has 0 bridgehead atoms. The third-order valence-corrected chi connectivity index (χ3v) is 0.627. The molecule has 1 rings (SSSR count). The SMILES string of the molecule is [NH]C(=O)c1ncco1. The highest BCUT2D eigenvalue weighted by Gasteiger charge is 2.02. The van der Waals surface area contributed by atoms with Gasteiger partial charge in [0.2, 0.25) is 0 Å². The zero-order valence-electron chi connectivity index (χ0n) is 3.92. The predicted molar refractivity (Wildman–Crippen MR) is 23.9 cm³/mol. The van der Waals surface area contributed by atoms with Crippen molar-refractivity contribution in [3.05, 3.63) is 18.4 Å². The highest BCUT2D eigenvalue weighted by Crippen LogP contribution is 1.90. The van der Waals surface area contributed by atoms with Crippen LogP contribution >= 0.6 is 0 Å². The summed E-state index contributed by atoms with van der Waals surface area (Å²) < 4.78 is 4.45. The third-order valence-electron chi connectivity index (χ3n) is 0.627. The second kappa shape index (κ2) is 1.65. The Balaban J connectivity index is 2.93. The summed E-state index contributed by atoms with van der Waals surface area (Å²) in [7, 11) is 0. The van der Waals surface area contributed by atoms with Crippen molar-refractivity contribution in [2.45, 2.75) is 0 Å². The molecule has 0 aliphatic rings. The Bertz CT molecular complexity index is 180. The van der Waals surface area contributed by atoms with Gasteiger partial charge in [-0.1, -0.05) is 0 Å². The molecule has 4 nitrogen and oxygen atoms in total. The molecule has 1 radical (unpaired) electrons. The largest absolute Gasteiger partial charge is 0.441 e. The van der Waals surface area contributed by atoms with Gasteiger partial charge in [-0.2, -0.15) is 0 Å². The molecule has 1 aromatic rings. The number of aromatic nitrogens is 1. The lowest BCUT2D eigenvalue weighted by Gasteiger charge is -1.76. The van der Waals surface area contributed by atoms with Gasteiger partial charge < -0.3 is 4.42 Å². The molecule has 0 aliphatic heterocycles. The van der Waals surface area contributed by atoms with Crippen molar-refractivity contribution in [2.75, 3.05) is 0 Å². The maximum Gasteiger partial charge on any atom is 0.325 e. The van der Waals surface area contributed by atoms with E-state index in [1.807, 2.05) is 0 Å². The first-order valence-corrected chi connectivity index (χ1v) is 1.96. The van der Waals surface area contributed by atoms with Crippen molar-refractivity contribution in [1.82, 2.24) is 10.7 Å². The Hall–Kier alpha value is -1.32. The number of nitrogens with zero attached hydrogens (tertiary/aromatic N) is 1. The molecule has 8 heavy (non-hydrogen) atoms. The van der Waals surface area contributed by atoms with Gasteiger partial charge in [0.1, 0.15) is 6.26 Å². The zero-order chi connectivity index (χ0) is 5.98. The third kappa shape index (κ3) is 0.676. The van der Waals surface area contributed by atoms with Gasteiger partial charge in [-0.25, -0.2) is 4.98 Å². The monoisotopic (exact) mass is 111 g/mol. The van der Waals surface area contributed by atoms with Crippen molar-refractivity contribution in [1.29, 1.82) is 0 Å². The van der Waals surface area contributed by atoms with E-state index in [9.17, 15) is 4.79 Å². The number of carbonyl (C=O) groups is 1. The number of rotatable bonds is 1. The second-order valence-electron chi connectivity index (χ2n) is 1.17. The highest BCUT2D eigenvalue weighted by molar-refractivity contribution is 5.86. The normalized spacial score (nSPS) is 9.00. The van der Waals surface area contributed by atoms with Crippen LogP contribution in [-0.2, 0) is 0 Å². The van der Waals surface area contributed by atoms with Gasteiger partial charge >= 0.3 is 5.91 Å². The molecule has 0 saturated heterocycles. The number of hydrogen-bond acceptors (Lipinski definition) is 3. The standard InChI is InChI=1S/C4H3N2O2/c5-3(7)4-6-1-2-8-4/h1-2,5H. The van der Waals surface area contributed by atoms with Gasteiger partial charge in [0, 0.05) is 0 Å². The Labute approximate surface area is 45.3 Å². The van der Waals surface area contributed by atoms with E-state index in [-0.39, 0.29) is 5.89 Å². The Morgan fingerprint density at radius 1 is 1.88 bits per heavy atom. The molecule has 0 aliphatic carbocycles. The van der Waals surface area contributed by atoms with Gasteiger partial charge in [0.25, 0.3) is 5.89 Å². The van der Waals surface area contributed by atoms with Crippen LogP contribution in [0.1, 0.15) is 10.7 Å². The van der Waals surface area contributed by atoms with Crippen LogP contribution in [0.5, 0.6) is 0 Å². The van der Waals surface area contributed by atoms with Crippen LogP contribution in [0.3, 0.4) is 0 Å². The van der Waals surface area contributed by atoms with E-state index in [0.717, 1.165) is 0 Å². The molecule has 0 atom stereocenters. The first-order valence-electron chi connectivity index (χ1n) is 1.96. The highest BCUT2D eigenvalue weighted by atomic mass is 16.3. The van der Waals surface area contributed by atoms with Crippen LogP contribution in [0, 0.1) is 0 Å². The summed E-state index contributed by atoms with van der Waals surface area (Å²) in [6, 6.07) is 0. The van der Waals surface area contributed by atoms with Gasteiger partial charge in [0.05, 0.1) is 6.20 Å². The Kier molecular flexibility index (Phi) is 0.997. The minimum atomic E-state index is -0.894. The summed E-state index contributed by atoms with van der Waals surface area (Å²) in [5.74, 6) is -1.06. The van der Waals surface area contributed by atoms with Crippen LogP contribution in [0.2, 0.25) is 0 Å². The minimum absolute atomic E-state index is 0.162. The summed E-state index contributed by atoms with van der Waals surface area (Å²) in [5, 5.41) is 0. The predicted octanol–water partition coefficient (Wildman–Crippen LogP) is 0.0977. The molecular weight excluding hydrogens is 108 g/mol. The Morgan fingerprint density at radius 2 is 2.62 bits per heavy atom. The van der Waals surface area contributed by atoms with Gasteiger partial charge in [-0.15, -0.1) is 0 Å². The maximum absolute atomic E-state index is 10.0. The molecule has 0 fully saturated rings. The quantitative estimate of drug-likeness (QED) is 0.516. The lowest BCUT2D eigenvalue weighted by atomic mass is 10.6. The van der Waals surface area contributed by atoms with E-state index in [1.165, 1.54) is 12.5 Å². The average Bonchev–Trinajstić information content (AvgIpc) is 2.12. The maximum atomic E-state index is 10.0. The molecular formula is C4H3N2O2. The van der Waals surface area contributed by atoms with Crippen LogP contribution in [0.15, 0.2) is 16.9 Å². The van der Waals surface area contributed by atoms with Crippen LogP contribution < -0.4 is 5.73 Å². The molecule has 1 N–H and O–H groups in total. The van der Waals surface area contributed by atoms with Crippen molar-refractivity contribution >= 4 is 5.91 Å². The molecule has 1 aromatic heterocycles. The first kappa shape index (κ1) is 4.83. The number of carbonyl (C=O) groups excluding carboxylic acids is 1. The van der Waals surface area contributed by atoms with E-state index >= 15 is 0 Å². The van der Waals surface area contributed by atoms with Crippen molar-refractivity contribution in [2.24, 2.45) is 0 Å². The topological polar surface area (TPSA) is 66.9 Å². The van der Waals surface area contributed by atoms with Crippen molar-refractivity contribution < 1.29 is 9.21 Å². The smallest absolute Gasteiger partial charge is 0.325 e. The first-order chi connectivity index (χ1) is 3.80. The van der Waals surface area contributed by atoms with Crippen molar-refractivity contribution in [3.8, 4) is 0 Å². The molecule has 41 valence electrons. The molecule has 0 saturated carbocycles. The van der Waals surface area contributed by atoms with E-state index in [0.29, 0.717) is 0 Å². The van der Waals surface area contributed by atoms with Crippen LogP contribution in [0.25, 0.3) is 0 Å². The minimum Gasteiger partial charge on any atom is -0.441 e. The summed E-state index contributed by atoms with van der Waals surface area (Å²) >= 11 is 0. The number of amides is 1. The number of nitrogens with one attached hydrogen (secondary N) is 1. The summed E-state index contributed by atoms with van der Waals surface area (Å²) in [6.45, 7) is 0. The fourth-order valence-corrected chi connectivity index (χ4v) is 0.336. The molecule has 0 aromatic carbocycles.